The molecule has 2 aliphatic carbocycles. The first-order valence-electron chi connectivity index (χ1n) is 5.00. The molecule has 0 aliphatic heterocycles. The van der Waals surface area contributed by atoms with Gasteiger partial charge in [0.1, 0.15) is 4.88 Å². The standard InChI is InChI=1S/C10H12N2OS/c13-9(7-5-11-6-14-7)12-8-4-10(8)2-1-3-10/h5-6,8H,1-4H2,(H,12,13)/t8-/m0/s1. The van der Waals surface area contributed by atoms with Crippen molar-refractivity contribution in [3.8, 4) is 0 Å². The van der Waals surface area contributed by atoms with Gasteiger partial charge in [0.05, 0.1) is 11.7 Å². The summed E-state index contributed by atoms with van der Waals surface area (Å²) in [5.41, 5.74) is 2.21. The van der Waals surface area contributed by atoms with Gasteiger partial charge in [-0.05, 0) is 24.7 Å². The number of hydrogen-bond donors (Lipinski definition) is 1. The molecule has 4 heteroatoms. The number of amides is 1. The van der Waals surface area contributed by atoms with E-state index in [-0.39, 0.29) is 5.91 Å². The van der Waals surface area contributed by atoms with Gasteiger partial charge >= 0.3 is 0 Å². The summed E-state index contributed by atoms with van der Waals surface area (Å²) >= 11 is 1.40. The van der Waals surface area contributed by atoms with E-state index in [2.05, 4.69) is 10.3 Å². The van der Waals surface area contributed by atoms with E-state index in [1.165, 1.54) is 37.0 Å². The topological polar surface area (TPSA) is 42.0 Å². The SMILES string of the molecule is O=C(N[C@H]1CC12CCC2)c1cncs1. The highest BCUT2D eigenvalue weighted by Gasteiger charge is 2.58. The zero-order valence-corrected chi connectivity index (χ0v) is 8.64. The van der Waals surface area contributed by atoms with E-state index < -0.39 is 0 Å². The maximum absolute atomic E-state index is 11.6. The fourth-order valence-electron chi connectivity index (χ4n) is 2.29. The Balaban J connectivity index is 1.61. The van der Waals surface area contributed by atoms with E-state index in [1.807, 2.05) is 0 Å². The van der Waals surface area contributed by atoms with Gasteiger partial charge in [-0.1, -0.05) is 6.42 Å². The summed E-state index contributed by atoms with van der Waals surface area (Å²) in [6.07, 6.45) is 6.78. The van der Waals surface area contributed by atoms with E-state index in [1.54, 1.807) is 11.7 Å². The van der Waals surface area contributed by atoms with Gasteiger partial charge in [-0.15, -0.1) is 11.3 Å². The first-order valence-corrected chi connectivity index (χ1v) is 5.87. The molecule has 74 valence electrons. The third kappa shape index (κ3) is 1.17. The molecule has 0 unspecified atom stereocenters. The second-order valence-electron chi connectivity index (χ2n) is 4.31. The van der Waals surface area contributed by atoms with Crippen LogP contribution in [-0.4, -0.2) is 16.9 Å². The Kier molecular flexibility index (Phi) is 1.68. The van der Waals surface area contributed by atoms with Crippen LogP contribution in [0.4, 0.5) is 0 Å². The maximum atomic E-state index is 11.6. The molecule has 1 spiro atoms. The predicted octanol–water partition coefficient (Wildman–Crippen LogP) is 1.82. The summed E-state index contributed by atoms with van der Waals surface area (Å²) in [5.74, 6) is 0.0567. The summed E-state index contributed by atoms with van der Waals surface area (Å²) in [7, 11) is 0. The lowest BCUT2D eigenvalue weighted by atomic mass is 9.81. The van der Waals surface area contributed by atoms with Crippen molar-refractivity contribution in [1.29, 1.82) is 0 Å². The molecule has 2 fully saturated rings. The van der Waals surface area contributed by atoms with Crippen LogP contribution in [0.2, 0.25) is 0 Å². The maximum Gasteiger partial charge on any atom is 0.263 e. The van der Waals surface area contributed by atoms with Crippen LogP contribution in [0.3, 0.4) is 0 Å². The summed E-state index contributed by atoms with van der Waals surface area (Å²) in [6.45, 7) is 0. The van der Waals surface area contributed by atoms with Crippen LogP contribution in [0.15, 0.2) is 11.7 Å². The van der Waals surface area contributed by atoms with Gasteiger partial charge in [-0.3, -0.25) is 9.78 Å². The molecule has 0 bridgehead atoms. The van der Waals surface area contributed by atoms with Gasteiger partial charge in [-0.25, -0.2) is 0 Å². The van der Waals surface area contributed by atoms with Gasteiger partial charge in [0.2, 0.25) is 0 Å². The van der Waals surface area contributed by atoms with E-state index in [9.17, 15) is 4.79 Å². The number of nitrogens with zero attached hydrogens (tertiary/aromatic N) is 1. The molecule has 1 aromatic heterocycles. The molecule has 1 heterocycles. The molecule has 1 aromatic rings. The third-order valence-electron chi connectivity index (χ3n) is 3.50. The Hall–Kier alpha value is -0.900. The van der Waals surface area contributed by atoms with Crippen molar-refractivity contribution in [1.82, 2.24) is 10.3 Å². The van der Waals surface area contributed by atoms with Crippen LogP contribution < -0.4 is 5.32 Å². The van der Waals surface area contributed by atoms with Crippen molar-refractivity contribution < 1.29 is 4.79 Å². The normalized spacial score (nSPS) is 27.0. The predicted molar refractivity (Wildman–Crippen MR) is 54.3 cm³/mol. The van der Waals surface area contributed by atoms with Crippen molar-refractivity contribution in [3.05, 3.63) is 16.6 Å². The second-order valence-corrected chi connectivity index (χ2v) is 5.20. The minimum absolute atomic E-state index is 0.0567. The van der Waals surface area contributed by atoms with Crippen LogP contribution in [0, 0.1) is 5.41 Å². The first kappa shape index (κ1) is 8.41. The Morgan fingerprint density at radius 3 is 3.00 bits per heavy atom. The molecular weight excluding hydrogens is 196 g/mol. The molecule has 3 rings (SSSR count). The molecule has 2 aliphatic rings. The van der Waals surface area contributed by atoms with Crippen molar-refractivity contribution in [2.75, 3.05) is 0 Å². The van der Waals surface area contributed by atoms with E-state index in [0.29, 0.717) is 11.5 Å². The Labute approximate surface area is 86.5 Å². The molecule has 14 heavy (non-hydrogen) atoms. The van der Waals surface area contributed by atoms with Crippen molar-refractivity contribution >= 4 is 17.2 Å². The van der Waals surface area contributed by atoms with Gasteiger partial charge < -0.3 is 5.32 Å². The summed E-state index contributed by atoms with van der Waals surface area (Å²) in [6, 6.07) is 0.450. The van der Waals surface area contributed by atoms with Gasteiger partial charge in [0, 0.05) is 6.04 Å². The summed E-state index contributed by atoms with van der Waals surface area (Å²) in [5, 5.41) is 3.08. The summed E-state index contributed by atoms with van der Waals surface area (Å²) < 4.78 is 0. The first-order chi connectivity index (χ1) is 6.80. The molecule has 1 atom stereocenters. The van der Waals surface area contributed by atoms with Crippen LogP contribution in [0.1, 0.15) is 35.4 Å². The average molecular weight is 208 g/mol. The molecular formula is C10H12N2OS. The minimum atomic E-state index is 0.0567. The second kappa shape index (κ2) is 2.79. The number of thiazole rings is 1. The third-order valence-corrected chi connectivity index (χ3v) is 4.27. The smallest absolute Gasteiger partial charge is 0.263 e. The zero-order valence-electron chi connectivity index (χ0n) is 7.82. The number of hydrogen-bond acceptors (Lipinski definition) is 3. The fourth-order valence-corrected chi connectivity index (χ4v) is 2.82. The van der Waals surface area contributed by atoms with Gasteiger partial charge in [-0.2, -0.15) is 0 Å². The number of carbonyl (C=O) groups is 1. The van der Waals surface area contributed by atoms with Crippen molar-refractivity contribution in [2.45, 2.75) is 31.7 Å². The molecule has 0 saturated heterocycles. The largest absolute Gasteiger partial charge is 0.348 e. The highest BCUT2D eigenvalue weighted by Crippen LogP contribution is 2.60. The lowest BCUT2D eigenvalue weighted by Crippen LogP contribution is -2.31. The monoisotopic (exact) mass is 208 g/mol. The van der Waals surface area contributed by atoms with Crippen LogP contribution in [-0.2, 0) is 0 Å². The minimum Gasteiger partial charge on any atom is -0.348 e. The van der Waals surface area contributed by atoms with E-state index in [0.717, 1.165) is 4.88 Å². The Morgan fingerprint density at radius 1 is 1.64 bits per heavy atom. The fraction of sp³-hybridized carbons (Fsp3) is 0.600. The summed E-state index contributed by atoms with van der Waals surface area (Å²) in [4.78, 5) is 16.3. The van der Waals surface area contributed by atoms with Crippen LogP contribution >= 0.6 is 11.3 Å². The number of rotatable bonds is 2. The molecule has 0 radical (unpaired) electrons. The molecule has 2 saturated carbocycles. The van der Waals surface area contributed by atoms with Crippen LogP contribution in [0.5, 0.6) is 0 Å². The highest BCUT2D eigenvalue weighted by atomic mass is 32.1. The molecule has 0 aromatic carbocycles. The van der Waals surface area contributed by atoms with E-state index in [4.69, 9.17) is 0 Å². The van der Waals surface area contributed by atoms with Gasteiger partial charge in [0.15, 0.2) is 0 Å². The molecule has 1 amide bonds. The zero-order chi connectivity index (χ0) is 9.60. The number of aromatic nitrogens is 1. The Bertz CT molecular complexity index is 356. The molecule has 3 nitrogen and oxygen atoms in total. The number of nitrogens with one attached hydrogen (secondary N) is 1. The van der Waals surface area contributed by atoms with Gasteiger partial charge in [0.25, 0.3) is 5.91 Å². The van der Waals surface area contributed by atoms with Crippen molar-refractivity contribution in [3.63, 3.8) is 0 Å². The van der Waals surface area contributed by atoms with E-state index >= 15 is 0 Å². The Morgan fingerprint density at radius 2 is 2.50 bits per heavy atom. The quantitative estimate of drug-likeness (QED) is 0.805. The van der Waals surface area contributed by atoms with Crippen LogP contribution in [0.25, 0.3) is 0 Å². The lowest BCUT2D eigenvalue weighted by Gasteiger charge is -2.26. The van der Waals surface area contributed by atoms with Crippen molar-refractivity contribution in [2.24, 2.45) is 5.41 Å². The lowest BCUT2D eigenvalue weighted by molar-refractivity contribution is 0.0942. The molecule has 1 N–H and O–H groups in total. The average Bonchev–Trinajstić information content (AvgIpc) is 2.61. The number of carbonyl (C=O) groups excluding carboxylic acids is 1. The highest BCUT2D eigenvalue weighted by molar-refractivity contribution is 7.11.